The van der Waals surface area contributed by atoms with Gasteiger partial charge in [-0.25, -0.2) is 8.42 Å². The number of carbonyl (C=O) groups is 2. The lowest BCUT2D eigenvalue weighted by atomic mass is 10.0. The third kappa shape index (κ3) is 9.13. The summed E-state index contributed by atoms with van der Waals surface area (Å²) in [5.41, 5.74) is 1.96. The molecular formula is C37H43N3O6S. The van der Waals surface area contributed by atoms with Crippen LogP contribution in [0.5, 0.6) is 11.5 Å². The number of hydrogen-bond donors (Lipinski definition) is 1. The topological polar surface area (TPSA) is 105 Å². The zero-order chi connectivity index (χ0) is 34.2. The normalized spacial score (nSPS) is 12.1. The van der Waals surface area contributed by atoms with Crippen LogP contribution in [0.25, 0.3) is 0 Å². The highest BCUT2D eigenvalue weighted by Crippen LogP contribution is 2.34. The zero-order valence-electron chi connectivity index (χ0n) is 27.8. The van der Waals surface area contributed by atoms with Crippen LogP contribution < -0.4 is 19.1 Å². The van der Waals surface area contributed by atoms with Crippen molar-refractivity contribution in [2.45, 2.75) is 57.1 Å². The fourth-order valence-corrected chi connectivity index (χ4v) is 6.64. The molecule has 9 nitrogen and oxygen atoms in total. The maximum absolute atomic E-state index is 14.7. The van der Waals surface area contributed by atoms with E-state index in [1.807, 2.05) is 70.2 Å². The minimum atomic E-state index is -4.26. The van der Waals surface area contributed by atoms with Crippen molar-refractivity contribution >= 4 is 27.5 Å². The number of amides is 2. The van der Waals surface area contributed by atoms with Gasteiger partial charge >= 0.3 is 0 Å². The van der Waals surface area contributed by atoms with E-state index in [1.165, 1.54) is 24.1 Å². The van der Waals surface area contributed by atoms with Crippen molar-refractivity contribution in [3.05, 3.63) is 120 Å². The summed E-state index contributed by atoms with van der Waals surface area (Å²) < 4.78 is 40.7. The first kappa shape index (κ1) is 35.0. The van der Waals surface area contributed by atoms with Crippen molar-refractivity contribution in [3.63, 3.8) is 0 Å². The van der Waals surface area contributed by atoms with E-state index in [2.05, 4.69) is 5.32 Å². The highest BCUT2D eigenvalue weighted by molar-refractivity contribution is 7.92. The molecule has 0 saturated carbocycles. The van der Waals surface area contributed by atoms with Gasteiger partial charge in [0.1, 0.15) is 24.1 Å². The van der Waals surface area contributed by atoms with Gasteiger partial charge in [-0.15, -0.1) is 0 Å². The Morgan fingerprint density at radius 2 is 1.45 bits per heavy atom. The maximum Gasteiger partial charge on any atom is 0.264 e. The van der Waals surface area contributed by atoms with Crippen LogP contribution in [0.1, 0.15) is 37.5 Å². The van der Waals surface area contributed by atoms with E-state index in [4.69, 9.17) is 9.47 Å². The lowest BCUT2D eigenvalue weighted by Gasteiger charge is -2.35. The Hall–Kier alpha value is -4.83. The van der Waals surface area contributed by atoms with Gasteiger partial charge in [0.15, 0.2) is 0 Å². The quantitative estimate of drug-likeness (QED) is 0.196. The van der Waals surface area contributed by atoms with Crippen LogP contribution >= 0.6 is 0 Å². The Balaban J connectivity index is 1.87. The number of methoxy groups -OCH3 is 2. The van der Waals surface area contributed by atoms with E-state index in [-0.39, 0.29) is 35.2 Å². The number of nitrogens with one attached hydrogen (secondary N) is 1. The van der Waals surface area contributed by atoms with Gasteiger partial charge in [-0.1, -0.05) is 66.7 Å². The van der Waals surface area contributed by atoms with E-state index in [0.717, 1.165) is 15.4 Å². The molecule has 10 heteroatoms. The molecule has 0 aromatic heterocycles. The fraction of sp³-hybridized carbons (Fsp3) is 0.297. The third-order valence-electron chi connectivity index (χ3n) is 7.47. The molecular weight excluding hydrogens is 614 g/mol. The van der Waals surface area contributed by atoms with Crippen LogP contribution in [0.2, 0.25) is 0 Å². The molecule has 1 N–H and O–H groups in total. The largest absolute Gasteiger partial charge is 0.497 e. The minimum Gasteiger partial charge on any atom is -0.497 e. The fourth-order valence-electron chi connectivity index (χ4n) is 5.20. The first-order chi connectivity index (χ1) is 22.3. The summed E-state index contributed by atoms with van der Waals surface area (Å²) in [4.78, 5) is 30.3. The number of rotatable bonds is 13. The molecule has 0 heterocycles. The molecule has 4 aromatic rings. The van der Waals surface area contributed by atoms with Gasteiger partial charge in [-0.2, -0.15) is 0 Å². The summed E-state index contributed by atoms with van der Waals surface area (Å²) in [6.07, 6.45) is 0.206. The standard InChI is InChI=1S/C37H43N3O6S/c1-27-20-21-34(46-6)32(22-27)40(47(43,44)31-18-11-8-12-19-31)26-35(41)39(25-29-16-13-17-30(23-29)45-5)33(36(42)38-37(2,3)4)24-28-14-9-7-10-15-28/h7-23,33H,24-26H2,1-6H3,(H,38,42)/t33-/m1/s1. The summed E-state index contributed by atoms with van der Waals surface area (Å²) in [5.74, 6) is -0.0518. The van der Waals surface area contributed by atoms with Crippen LogP contribution in [0, 0.1) is 6.92 Å². The van der Waals surface area contributed by atoms with Crippen LogP contribution in [-0.4, -0.2) is 57.5 Å². The summed E-state index contributed by atoms with van der Waals surface area (Å²) >= 11 is 0. The molecule has 0 aliphatic heterocycles. The van der Waals surface area contributed by atoms with Crippen LogP contribution in [0.15, 0.2) is 108 Å². The summed E-state index contributed by atoms with van der Waals surface area (Å²) in [6, 6.07) is 28.8. The molecule has 0 radical (unpaired) electrons. The number of benzene rings is 4. The average molecular weight is 658 g/mol. The Kier molecular flexibility index (Phi) is 11.3. The highest BCUT2D eigenvalue weighted by atomic mass is 32.2. The first-order valence-electron chi connectivity index (χ1n) is 15.3. The van der Waals surface area contributed by atoms with Gasteiger partial charge in [-0.3, -0.25) is 13.9 Å². The summed E-state index contributed by atoms with van der Waals surface area (Å²) in [5, 5.41) is 3.04. The molecule has 0 fully saturated rings. The number of hydrogen-bond acceptors (Lipinski definition) is 6. The number of aryl methyl sites for hydroxylation is 1. The number of nitrogens with zero attached hydrogens (tertiary/aromatic N) is 2. The molecule has 1 atom stereocenters. The molecule has 0 aliphatic rings. The van der Waals surface area contributed by atoms with E-state index in [9.17, 15) is 18.0 Å². The van der Waals surface area contributed by atoms with Crippen molar-refractivity contribution in [2.75, 3.05) is 25.1 Å². The SMILES string of the molecule is COc1cccc(CN(C(=O)CN(c2cc(C)ccc2OC)S(=O)(=O)c2ccccc2)[C@H](Cc2ccccc2)C(=O)NC(C)(C)C)c1. The molecule has 4 aromatic carbocycles. The van der Waals surface area contributed by atoms with Crippen LogP contribution in [0.3, 0.4) is 0 Å². The van der Waals surface area contributed by atoms with Gasteiger partial charge in [-0.05, 0) is 80.8 Å². The number of sulfonamides is 1. The van der Waals surface area contributed by atoms with Gasteiger partial charge in [0.2, 0.25) is 11.8 Å². The zero-order valence-corrected chi connectivity index (χ0v) is 28.6. The van der Waals surface area contributed by atoms with E-state index >= 15 is 0 Å². The van der Waals surface area contributed by atoms with Crippen molar-refractivity contribution in [2.24, 2.45) is 0 Å². The van der Waals surface area contributed by atoms with Crippen molar-refractivity contribution in [3.8, 4) is 11.5 Å². The molecule has 47 heavy (non-hydrogen) atoms. The molecule has 0 aliphatic carbocycles. The Bertz CT molecular complexity index is 1770. The Morgan fingerprint density at radius 1 is 0.809 bits per heavy atom. The second-order valence-electron chi connectivity index (χ2n) is 12.3. The number of ether oxygens (including phenoxy) is 2. The smallest absolute Gasteiger partial charge is 0.264 e. The maximum atomic E-state index is 14.7. The first-order valence-corrected chi connectivity index (χ1v) is 16.8. The highest BCUT2D eigenvalue weighted by Gasteiger charge is 2.36. The van der Waals surface area contributed by atoms with Gasteiger partial charge in [0, 0.05) is 18.5 Å². The van der Waals surface area contributed by atoms with Gasteiger partial charge in [0.05, 0.1) is 24.8 Å². The van der Waals surface area contributed by atoms with E-state index in [1.54, 1.807) is 55.6 Å². The molecule has 0 spiro atoms. The van der Waals surface area contributed by atoms with E-state index in [0.29, 0.717) is 11.3 Å². The second kappa shape index (κ2) is 15.2. The van der Waals surface area contributed by atoms with Crippen molar-refractivity contribution in [1.29, 1.82) is 0 Å². The summed E-state index contributed by atoms with van der Waals surface area (Å²) in [6.45, 7) is 6.88. The molecule has 4 rings (SSSR count). The Labute approximate surface area is 278 Å². The average Bonchev–Trinajstić information content (AvgIpc) is 3.05. The second-order valence-corrected chi connectivity index (χ2v) is 14.2. The monoisotopic (exact) mass is 657 g/mol. The van der Waals surface area contributed by atoms with E-state index < -0.39 is 34.1 Å². The van der Waals surface area contributed by atoms with Gasteiger partial charge in [0.25, 0.3) is 10.0 Å². The molecule has 0 saturated heterocycles. The molecule has 0 bridgehead atoms. The predicted octanol–water partition coefficient (Wildman–Crippen LogP) is 5.76. The van der Waals surface area contributed by atoms with Crippen molar-refractivity contribution in [1.82, 2.24) is 10.2 Å². The molecule has 2 amide bonds. The van der Waals surface area contributed by atoms with Gasteiger partial charge < -0.3 is 19.7 Å². The minimum absolute atomic E-state index is 0.0158. The molecule has 0 unspecified atom stereocenters. The lowest BCUT2D eigenvalue weighted by molar-refractivity contribution is -0.140. The van der Waals surface area contributed by atoms with Crippen LogP contribution in [-0.2, 0) is 32.6 Å². The lowest BCUT2D eigenvalue weighted by Crippen LogP contribution is -2.56. The summed E-state index contributed by atoms with van der Waals surface area (Å²) in [7, 11) is -1.26. The third-order valence-corrected chi connectivity index (χ3v) is 9.24. The number of carbonyl (C=O) groups excluding carboxylic acids is 2. The number of anilines is 1. The van der Waals surface area contributed by atoms with Crippen molar-refractivity contribution < 1.29 is 27.5 Å². The van der Waals surface area contributed by atoms with Crippen LogP contribution in [0.4, 0.5) is 5.69 Å². The Morgan fingerprint density at radius 3 is 2.06 bits per heavy atom. The predicted molar refractivity (Wildman–Crippen MR) is 184 cm³/mol. The molecule has 248 valence electrons.